The Morgan fingerprint density at radius 3 is 2.88 bits per heavy atom. The number of hydrogen-bond acceptors (Lipinski definition) is 4. The molecule has 1 saturated carbocycles. The van der Waals surface area contributed by atoms with Crippen molar-refractivity contribution in [2.45, 2.75) is 58.4 Å². The molecular formula is C12H20N2O2. The second-order valence-electron chi connectivity index (χ2n) is 5.28. The van der Waals surface area contributed by atoms with Gasteiger partial charge in [0.2, 0.25) is 0 Å². The Kier molecular flexibility index (Phi) is 3.30. The number of aromatic nitrogens is 1. The van der Waals surface area contributed by atoms with Crippen molar-refractivity contribution >= 4 is 0 Å². The fourth-order valence-corrected chi connectivity index (χ4v) is 1.37. The Morgan fingerprint density at radius 1 is 1.50 bits per heavy atom. The van der Waals surface area contributed by atoms with Gasteiger partial charge in [-0.25, -0.2) is 4.98 Å². The highest BCUT2D eigenvalue weighted by molar-refractivity contribution is 5.06. The molecule has 1 aromatic rings. The van der Waals surface area contributed by atoms with Crippen LogP contribution in [0.2, 0.25) is 0 Å². The van der Waals surface area contributed by atoms with E-state index in [1.165, 1.54) is 19.2 Å². The first-order chi connectivity index (χ1) is 7.54. The van der Waals surface area contributed by atoms with Gasteiger partial charge in [-0.2, -0.15) is 0 Å². The molecule has 0 radical (unpaired) electrons. The number of hydrogen-bond donors (Lipinski definition) is 1. The topological polar surface area (TPSA) is 47.3 Å². The summed E-state index contributed by atoms with van der Waals surface area (Å²) in [5.74, 6) is 0.836. The van der Waals surface area contributed by atoms with E-state index in [0.29, 0.717) is 12.6 Å². The lowest BCUT2D eigenvalue weighted by Gasteiger charge is -2.18. The van der Waals surface area contributed by atoms with Crippen LogP contribution in [0.4, 0.5) is 0 Å². The van der Waals surface area contributed by atoms with Crippen molar-refractivity contribution in [1.82, 2.24) is 10.3 Å². The van der Waals surface area contributed by atoms with Crippen molar-refractivity contribution in [3.05, 3.63) is 17.8 Å². The lowest BCUT2D eigenvalue weighted by molar-refractivity contribution is -0.0228. The molecule has 1 aromatic heterocycles. The lowest BCUT2D eigenvalue weighted by atomic mass is 10.2. The van der Waals surface area contributed by atoms with E-state index in [4.69, 9.17) is 9.15 Å². The second kappa shape index (κ2) is 4.55. The zero-order valence-corrected chi connectivity index (χ0v) is 10.2. The van der Waals surface area contributed by atoms with Crippen LogP contribution in [-0.2, 0) is 17.9 Å². The van der Waals surface area contributed by atoms with Crippen molar-refractivity contribution in [3.8, 4) is 0 Å². The summed E-state index contributed by atoms with van der Waals surface area (Å²) in [6.45, 7) is 7.37. The van der Waals surface area contributed by atoms with Crippen molar-refractivity contribution < 1.29 is 9.15 Å². The third-order valence-electron chi connectivity index (χ3n) is 2.50. The first-order valence-corrected chi connectivity index (χ1v) is 5.83. The van der Waals surface area contributed by atoms with E-state index in [2.05, 4.69) is 10.3 Å². The smallest absolute Gasteiger partial charge is 0.181 e. The zero-order chi connectivity index (χ0) is 11.6. The summed E-state index contributed by atoms with van der Waals surface area (Å²) in [5.41, 5.74) is 0.824. The average Bonchev–Trinajstić information content (AvgIpc) is 2.90. The SMILES string of the molecule is CC(C)(C)OCc1ocnc1CNC1CC1. The Morgan fingerprint density at radius 2 is 2.25 bits per heavy atom. The maximum atomic E-state index is 5.68. The first-order valence-electron chi connectivity index (χ1n) is 5.83. The van der Waals surface area contributed by atoms with Crippen LogP contribution in [0.15, 0.2) is 10.8 Å². The van der Waals surface area contributed by atoms with Gasteiger partial charge in [0.15, 0.2) is 12.2 Å². The molecule has 0 saturated heterocycles. The predicted octanol–water partition coefficient (Wildman–Crippen LogP) is 2.24. The van der Waals surface area contributed by atoms with Crippen LogP contribution in [0.5, 0.6) is 0 Å². The second-order valence-corrected chi connectivity index (χ2v) is 5.28. The molecule has 1 aliphatic rings. The standard InChI is InChI=1S/C12H20N2O2/c1-12(2,3)16-7-11-10(14-8-15-11)6-13-9-4-5-9/h8-9,13H,4-7H2,1-3H3. The molecule has 0 aromatic carbocycles. The van der Waals surface area contributed by atoms with Gasteiger partial charge in [-0.05, 0) is 33.6 Å². The van der Waals surface area contributed by atoms with Crippen molar-refractivity contribution in [2.75, 3.05) is 0 Å². The molecule has 1 aliphatic carbocycles. The van der Waals surface area contributed by atoms with Gasteiger partial charge in [-0.3, -0.25) is 0 Å². The Balaban J connectivity index is 1.85. The van der Waals surface area contributed by atoms with Crippen LogP contribution < -0.4 is 5.32 Å². The molecule has 0 amide bonds. The maximum Gasteiger partial charge on any atom is 0.181 e. The van der Waals surface area contributed by atoms with E-state index in [9.17, 15) is 0 Å². The van der Waals surface area contributed by atoms with Gasteiger partial charge in [-0.15, -0.1) is 0 Å². The number of ether oxygens (including phenoxy) is 1. The molecule has 4 heteroatoms. The Bertz CT molecular complexity index is 337. The van der Waals surface area contributed by atoms with Crippen molar-refractivity contribution in [3.63, 3.8) is 0 Å². The third kappa shape index (κ3) is 3.61. The largest absolute Gasteiger partial charge is 0.446 e. The summed E-state index contributed by atoms with van der Waals surface area (Å²) >= 11 is 0. The number of nitrogens with zero attached hydrogens (tertiary/aromatic N) is 1. The summed E-state index contributed by atoms with van der Waals surface area (Å²) in [5, 5.41) is 3.42. The quantitative estimate of drug-likeness (QED) is 0.833. The third-order valence-corrected chi connectivity index (χ3v) is 2.50. The number of oxazole rings is 1. The predicted molar refractivity (Wildman–Crippen MR) is 60.9 cm³/mol. The normalized spacial score (nSPS) is 16.7. The van der Waals surface area contributed by atoms with Crippen molar-refractivity contribution in [1.29, 1.82) is 0 Å². The van der Waals surface area contributed by atoms with E-state index in [1.54, 1.807) is 0 Å². The van der Waals surface area contributed by atoms with E-state index < -0.39 is 0 Å². The van der Waals surface area contributed by atoms with Crippen LogP contribution in [0, 0.1) is 0 Å². The summed E-state index contributed by atoms with van der Waals surface area (Å²) in [6, 6.07) is 0.688. The molecule has 1 N–H and O–H groups in total. The van der Waals surface area contributed by atoms with Crippen LogP contribution >= 0.6 is 0 Å². The molecule has 1 heterocycles. The van der Waals surface area contributed by atoms with Gasteiger partial charge < -0.3 is 14.5 Å². The first kappa shape index (κ1) is 11.6. The monoisotopic (exact) mass is 224 g/mol. The average molecular weight is 224 g/mol. The number of rotatable bonds is 5. The van der Waals surface area contributed by atoms with E-state index >= 15 is 0 Å². The van der Waals surface area contributed by atoms with E-state index in [1.807, 2.05) is 20.8 Å². The molecule has 90 valence electrons. The molecule has 4 nitrogen and oxygen atoms in total. The minimum absolute atomic E-state index is 0.145. The molecule has 0 aliphatic heterocycles. The fraction of sp³-hybridized carbons (Fsp3) is 0.750. The molecule has 0 spiro atoms. The van der Waals surface area contributed by atoms with E-state index in [-0.39, 0.29) is 5.60 Å². The summed E-state index contributed by atoms with van der Waals surface area (Å²) in [7, 11) is 0. The van der Waals surface area contributed by atoms with E-state index in [0.717, 1.165) is 18.0 Å². The Labute approximate surface area is 96.4 Å². The highest BCUT2D eigenvalue weighted by Gasteiger charge is 2.21. The van der Waals surface area contributed by atoms with Crippen LogP contribution in [0.1, 0.15) is 45.1 Å². The Hall–Kier alpha value is -0.870. The van der Waals surface area contributed by atoms with Crippen LogP contribution in [0.3, 0.4) is 0 Å². The summed E-state index contributed by atoms with van der Waals surface area (Å²) in [6.07, 6.45) is 4.06. The minimum Gasteiger partial charge on any atom is -0.446 e. The van der Waals surface area contributed by atoms with Crippen LogP contribution in [-0.4, -0.2) is 16.6 Å². The van der Waals surface area contributed by atoms with Crippen LogP contribution in [0.25, 0.3) is 0 Å². The van der Waals surface area contributed by atoms with Gasteiger partial charge in [0, 0.05) is 12.6 Å². The highest BCUT2D eigenvalue weighted by Crippen LogP contribution is 2.20. The van der Waals surface area contributed by atoms with Gasteiger partial charge in [0.25, 0.3) is 0 Å². The van der Waals surface area contributed by atoms with Crippen molar-refractivity contribution in [2.24, 2.45) is 0 Å². The maximum absolute atomic E-state index is 5.68. The number of nitrogens with one attached hydrogen (secondary N) is 1. The molecule has 0 atom stereocenters. The zero-order valence-electron chi connectivity index (χ0n) is 10.2. The van der Waals surface area contributed by atoms with Gasteiger partial charge in [-0.1, -0.05) is 0 Å². The molecular weight excluding hydrogens is 204 g/mol. The lowest BCUT2D eigenvalue weighted by Crippen LogP contribution is -2.20. The molecule has 2 rings (SSSR count). The molecule has 0 bridgehead atoms. The summed E-state index contributed by atoms with van der Waals surface area (Å²) in [4.78, 5) is 4.21. The highest BCUT2D eigenvalue weighted by atomic mass is 16.5. The fourth-order valence-electron chi connectivity index (χ4n) is 1.37. The molecule has 1 fully saturated rings. The van der Waals surface area contributed by atoms with Gasteiger partial charge >= 0.3 is 0 Å². The summed E-state index contributed by atoms with van der Waals surface area (Å²) < 4.78 is 11.0. The van der Waals surface area contributed by atoms with Gasteiger partial charge in [0.05, 0.1) is 11.3 Å². The molecule has 0 unspecified atom stereocenters. The van der Waals surface area contributed by atoms with Gasteiger partial charge in [0.1, 0.15) is 6.61 Å². The molecule has 16 heavy (non-hydrogen) atoms. The minimum atomic E-state index is -0.145.